The maximum absolute atomic E-state index is 12.4. The van der Waals surface area contributed by atoms with Crippen molar-refractivity contribution in [1.29, 1.82) is 0 Å². The van der Waals surface area contributed by atoms with Crippen molar-refractivity contribution in [1.82, 2.24) is 0 Å². The Morgan fingerprint density at radius 1 is 1.14 bits per heavy atom. The van der Waals surface area contributed by atoms with Gasteiger partial charge in [-0.3, -0.25) is 4.79 Å². The van der Waals surface area contributed by atoms with Crippen molar-refractivity contribution in [2.24, 2.45) is 0 Å². The Morgan fingerprint density at radius 2 is 1.95 bits per heavy atom. The van der Waals surface area contributed by atoms with Crippen LogP contribution in [0.2, 0.25) is 0 Å². The largest absolute Gasteiger partial charge is 0.496 e. The molecular weight excluding hydrogens is 264 g/mol. The van der Waals surface area contributed by atoms with E-state index in [9.17, 15) is 4.79 Å². The molecule has 0 saturated carbocycles. The van der Waals surface area contributed by atoms with E-state index < -0.39 is 0 Å². The fraction of sp³-hybridized carbons (Fsp3) is 0.235. The van der Waals surface area contributed by atoms with E-state index in [1.54, 1.807) is 18.2 Å². The zero-order valence-electron chi connectivity index (χ0n) is 12.0. The van der Waals surface area contributed by atoms with Crippen LogP contribution in [0.25, 0.3) is 0 Å². The Morgan fingerprint density at radius 3 is 2.76 bits per heavy atom. The molecule has 3 rings (SSSR count). The summed E-state index contributed by atoms with van der Waals surface area (Å²) in [4.78, 5) is 12.4. The summed E-state index contributed by atoms with van der Waals surface area (Å²) in [5.41, 5.74) is 10.3. The van der Waals surface area contributed by atoms with Gasteiger partial charge in [-0.05, 0) is 60.7 Å². The van der Waals surface area contributed by atoms with Gasteiger partial charge in [0.2, 0.25) is 0 Å². The lowest BCUT2D eigenvalue weighted by atomic mass is 10.1. The third-order valence-electron chi connectivity index (χ3n) is 3.82. The average molecular weight is 282 g/mol. The summed E-state index contributed by atoms with van der Waals surface area (Å²) in [6.07, 6.45) is 3.41. The number of ether oxygens (including phenoxy) is 1. The third-order valence-corrected chi connectivity index (χ3v) is 3.82. The number of fused-ring (bicyclic) bond motifs is 1. The third kappa shape index (κ3) is 2.70. The fourth-order valence-electron chi connectivity index (χ4n) is 2.75. The molecule has 0 spiro atoms. The molecule has 21 heavy (non-hydrogen) atoms. The number of hydrogen-bond donors (Lipinski definition) is 2. The van der Waals surface area contributed by atoms with Gasteiger partial charge in [0.15, 0.2) is 0 Å². The van der Waals surface area contributed by atoms with Crippen LogP contribution in [0, 0.1) is 0 Å². The highest BCUT2D eigenvalue weighted by atomic mass is 16.5. The van der Waals surface area contributed by atoms with Crippen LogP contribution in [0.5, 0.6) is 5.75 Å². The van der Waals surface area contributed by atoms with Gasteiger partial charge >= 0.3 is 0 Å². The molecule has 108 valence electrons. The van der Waals surface area contributed by atoms with Crippen LogP contribution in [0.4, 0.5) is 11.4 Å². The molecule has 0 aliphatic heterocycles. The van der Waals surface area contributed by atoms with Crippen molar-refractivity contribution >= 4 is 17.3 Å². The second kappa shape index (κ2) is 5.48. The fourth-order valence-corrected chi connectivity index (χ4v) is 2.75. The van der Waals surface area contributed by atoms with Crippen molar-refractivity contribution in [3.05, 3.63) is 53.1 Å². The number of anilines is 2. The summed E-state index contributed by atoms with van der Waals surface area (Å²) in [5.74, 6) is 0.306. The number of methoxy groups -OCH3 is 1. The Labute approximate surface area is 123 Å². The standard InChI is InChI=1S/C17H18N2O2/c1-21-16-8-6-13(18)10-15(16)17(20)19-14-7-5-11-3-2-4-12(11)9-14/h5-10H,2-4,18H2,1H3,(H,19,20). The SMILES string of the molecule is COc1ccc(N)cc1C(=O)Nc1ccc2c(c1)CCC2. The molecule has 4 nitrogen and oxygen atoms in total. The molecule has 0 aromatic heterocycles. The minimum atomic E-state index is -0.211. The first kappa shape index (κ1) is 13.5. The van der Waals surface area contributed by atoms with E-state index in [0.29, 0.717) is 17.0 Å². The maximum atomic E-state index is 12.4. The van der Waals surface area contributed by atoms with E-state index >= 15 is 0 Å². The summed E-state index contributed by atoms with van der Waals surface area (Å²) >= 11 is 0. The van der Waals surface area contributed by atoms with E-state index in [-0.39, 0.29) is 5.91 Å². The van der Waals surface area contributed by atoms with Gasteiger partial charge in [-0.15, -0.1) is 0 Å². The smallest absolute Gasteiger partial charge is 0.259 e. The number of carbonyl (C=O) groups excluding carboxylic acids is 1. The van der Waals surface area contributed by atoms with E-state index in [4.69, 9.17) is 10.5 Å². The van der Waals surface area contributed by atoms with Crippen molar-refractivity contribution in [3.63, 3.8) is 0 Å². The summed E-state index contributed by atoms with van der Waals surface area (Å²) in [5, 5.41) is 2.92. The number of nitrogens with two attached hydrogens (primary N) is 1. The summed E-state index contributed by atoms with van der Waals surface area (Å²) in [6, 6.07) is 11.1. The van der Waals surface area contributed by atoms with Crippen LogP contribution in [0.3, 0.4) is 0 Å². The molecule has 0 heterocycles. The highest BCUT2D eigenvalue weighted by Crippen LogP contribution is 2.26. The van der Waals surface area contributed by atoms with Crippen LogP contribution in [-0.4, -0.2) is 13.0 Å². The first-order chi connectivity index (χ1) is 10.2. The van der Waals surface area contributed by atoms with Gasteiger partial charge in [-0.1, -0.05) is 6.07 Å². The van der Waals surface area contributed by atoms with E-state index in [1.165, 1.54) is 24.7 Å². The molecule has 2 aromatic rings. The predicted molar refractivity (Wildman–Crippen MR) is 83.8 cm³/mol. The predicted octanol–water partition coefficient (Wildman–Crippen LogP) is 3.02. The second-order valence-electron chi connectivity index (χ2n) is 5.25. The molecule has 0 unspecified atom stereocenters. The summed E-state index contributed by atoms with van der Waals surface area (Å²) in [7, 11) is 1.54. The second-order valence-corrected chi connectivity index (χ2v) is 5.25. The van der Waals surface area contributed by atoms with Gasteiger partial charge in [0.1, 0.15) is 5.75 Å². The topological polar surface area (TPSA) is 64.3 Å². The number of hydrogen-bond acceptors (Lipinski definition) is 3. The minimum absolute atomic E-state index is 0.211. The highest BCUT2D eigenvalue weighted by molar-refractivity contribution is 6.06. The molecule has 0 saturated heterocycles. The minimum Gasteiger partial charge on any atom is -0.496 e. The first-order valence-electron chi connectivity index (χ1n) is 7.04. The lowest BCUT2D eigenvalue weighted by Crippen LogP contribution is -2.13. The molecule has 3 N–H and O–H groups in total. The Balaban J connectivity index is 1.85. The molecule has 4 heteroatoms. The number of aryl methyl sites for hydroxylation is 2. The molecule has 1 amide bonds. The van der Waals surface area contributed by atoms with Crippen molar-refractivity contribution in [2.45, 2.75) is 19.3 Å². The lowest BCUT2D eigenvalue weighted by Gasteiger charge is -2.11. The van der Waals surface area contributed by atoms with Crippen LogP contribution < -0.4 is 15.8 Å². The van der Waals surface area contributed by atoms with Gasteiger partial charge in [-0.2, -0.15) is 0 Å². The number of carbonyl (C=O) groups is 1. The van der Waals surface area contributed by atoms with Crippen molar-refractivity contribution in [2.75, 3.05) is 18.2 Å². The first-order valence-corrected chi connectivity index (χ1v) is 7.04. The van der Waals surface area contributed by atoms with Gasteiger partial charge in [0, 0.05) is 11.4 Å². The van der Waals surface area contributed by atoms with Crippen LogP contribution in [0.1, 0.15) is 27.9 Å². The van der Waals surface area contributed by atoms with Crippen molar-refractivity contribution < 1.29 is 9.53 Å². The quantitative estimate of drug-likeness (QED) is 0.850. The van der Waals surface area contributed by atoms with Gasteiger partial charge in [0.25, 0.3) is 5.91 Å². The molecule has 0 fully saturated rings. The number of benzene rings is 2. The summed E-state index contributed by atoms with van der Waals surface area (Å²) in [6.45, 7) is 0. The van der Waals surface area contributed by atoms with Crippen LogP contribution in [-0.2, 0) is 12.8 Å². The van der Waals surface area contributed by atoms with Crippen LogP contribution in [0.15, 0.2) is 36.4 Å². The molecule has 0 bridgehead atoms. The molecule has 0 atom stereocenters. The molecular formula is C17H18N2O2. The Hall–Kier alpha value is -2.49. The highest BCUT2D eigenvalue weighted by Gasteiger charge is 2.15. The molecule has 2 aromatic carbocycles. The zero-order chi connectivity index (χ0) is 14.8. The number of nitrogen functional groups attached to an aromatic ring is 1. The van der Waals surface area contributed by atoms with Gasteiger partial charge < -0.3 is 15.8 Å². The van der Waals surface area contributed by atoms with E-state index in [2.05, 4.69) is 17.4 Å². The average Bonchev–Trinajstić information content (AvgIpc) is 2.94. The van der Waals surface area contributed by atoms with E-state index in [1.807, 2.05) is 6.07 Å². The normalized spacial score (nSPS) is 12.8. The molecule has 1 aliphatic carbocycles. The van der Waals surface area contributed by atoms with Gasteiger partial charge in [0.05, 0.1) is 12.7 Å². The lowest BCUT2D eigenvalue weighted by molar-refractivity contribution is 0.102. The number of nitrogens with one attached hydrogen (secondary N) is 1. The Kier molecular flexibility index (Phi) is 3.52. The van der Waals surface area contributed by atoms with Gasteiger partial charge in [-0.25, -0.2) is 0 Å². The molecule has 0 radical (unpaired) electrons. The van der Waals surface area contributed by atoms with Crippen molar-refractivity contribution in [3.8, 4) is 5.75 Å². The summed E-state index contributed by atoms with van der Waals surface area (Å²) < 4.78 is 5.22. The van der Waals surface area contributed by atoms with E-state index in [0.717, 1.165) is 18.5 Å². The zero-order valence-corrected chi connectivity index (χ0v) is 12.0. The molecule has 1 aliphatic rings. The number of rotatable bonds is 3. The Bertz CT molecular complexity index is 695. The van der Waals surface area contributed by atoms with Crippen LogP contribution >= 0.6 is 0 Å². The number of amides is 1. The monoisotopic (exact) mass is 282 g/mol. The maximum Gasteiger partial charge on any atom is 0.259 e.